The Balaban J connectivity index is 1.41. The maximum Gasteiger partial charge on any atom is 0.251 e. The molecule has 25 heavy (non-hydrogen) atoms. The van der Waals surface area contributed by atoms with Crippen LogP contribution in [0.4, 0.5) is 0 Å². The van der Waals surface area contributed by atoms with Crippen molar-refractivity contribution in [2.45, 2.75) is 13.5 Å². The van der Waals surface area contributed by atoms with Crippen LogP contribution in [0.25, 0.3) is 11.4 Å². The van der Waals surface area contributed by atoms with E-state index in [-0.39, 0.29) is 12.7 Å². The number of fused-ring (bicyclic) bond motifs is 1. The fourth-order valence-electron chi connectivity index (χ4n) is 2.52. The topological polar surface area (TPSA) is 86.5 Å². The molecule has 126 valence electrons. The lowest BCUT2D eigenvalue weighted by molar-refractivity contribution is 0.0951. The molecule has 2 heterocycles. The Morgan fingerprint density at radius 3 is 2.68 bits per heavy atom. The first kappa shape index (κ1) is 15.2. The van der Waals surface area contributed by atoms with Crippen LogP contribution in [-0.4, -0.2) is 22.8 Å². The number of nitrogens with one attached hydrogen (secondary N) is 1. The SMILES string of the molecule is Cc1nc(-c2ccc(C(=O)NCc3ccc4c(c3)OCO4)cc2)no1. The van der Waals surface area contributed by atoms with E-state index in [9.17, 15) is 4.79 Å². The molecule has 0 aliphatic carbocycles. The van der Waals surface area contributed by atoms with Crippen LogP contribution in [0.5, 0.6) is 11.5 Å². The maximum atomic E-state index is 12.3. The molecule has 0 saturated heterocycles. The van der Waals surface area contributed by atoms with Gasteiger partial charge in [0.1, 0.15) is 0 Å². The van der Waals surface area contributed by atoms with Gasteiger partial charge in [0.15, 0.2) is 11.5 Å². The summed E-state index contributed by atoms with van der Waals surface area (Å²) in [5.41, 5.74) is 2.30. The third-order valence-corrected chi connectivity index (χ3v) is 3.82. The Hall–Kier alpha value is -3.35. The second-order valence-corrected chi connectivity index (χ2v) is 5.58. The van der Waals surface area contributed by atoms with Gasteiger partial charge in [0.05, 0.1) is 0 Å². The fourth-order valence-corrected chi connectivity index (χ4v) is 2.52. The van der Waals surface area contributed by atoms with E-state index in [1.807, 2.05) is 18.2 Å². The third-order valence-electron chi connectivity index (χ3n) is 3.82. The largest absolute Gasteiger partial charge is 0.454 e. The standard InChI is InChI=1S/C18H15N3O4/c1-11-20-17(21-25-11)13-3-5-14(6-4-13)18(22)19-9-12-2-7-15-16(8-12)24-10-23-15/h2-8H,9-10H2,1H3,(H,19,22). The van der Waals surface area contributed by atoms with Crippen molar-refractivity contribution in [2.24, 2.45) is 0 Å². The summed E-state index contributed by atoms with van der Waals surface area (Å²) in [4.78, 5) is 16.4. The van der Waals surface area contributed by atoms with Crippen molar-refractivity contribution < 1.29 is 18.8 Å². The van der Waals surface area contributed by atoms with E-state index in [4.69, 9.17) is 14.0 Å². The summed E-state index contributed by atoms with van der Waals surface area (Å²) in [6.45, 7) is 2.37. The molecule has 7 nitrogen and oxygen atoms in total. The summed E-state index contributed by atoms with van der Waals surface area (Å²) < 4.78 is 15.6. The van der Waals surface area contributed by atoms with E-state index in [1.165, 1.54) is 0 Å². The Morgan fingerprint density at radius 2 is 1.92 bits per heavy atom. The van der Waals surface area contributed by atoms with Crippen LogP contribution in [0, 0.1) is 6.92 Å². The Kier molecular flexibility index (Phi) is 3.81. The molecule has 2 aromatic carbocycles. The van der Waals surface area contributed by atoms with E-state index in [0.717, 1.165) is 16.9 Å². The summed E-state index contributed by atoms with van der Waals surface area (Å²) >= 11 is 0. The molecule has 1 aliphatic heterocycles. The molecule has 0 spiro atoms. The molecular formula is C18H15N3O4. The predicted molar refractivity (Wildman–Crippen MR) is 88.2 cm³/mol. The number of amides is 1. The Bertz CT molecular complexity index is 918. The molecule has 0 saturated carbocycles. The molecule has 1 N–H and O–H groups in total. The summed E-state index contributed by atoms with van der Waals surface area (Å²) in [5.74, 6) is 2.27. The van der Waals surface area contributed by atoms with Crippen molar-refractivity contribution >= 4 is 5.91 Å². The van der Waals surface area contributed by atoms with Gasteiger partial charge < -0.3 is 19.3 Å². The molecule has 4 rings (SSSR count). The van der Waals surface area contributed by atoms with Gasteiger partial charge >= 0.3 is 0 Å². The molecule has 0 bridgehead atoms. The van der Waals surface area contributed by atoms with Crippen molar-refractivity contribution in [3.8, 4) is 22.9 Å². The average Bonchev–Trinajstić information content (AvgIpc) is 3.28. The molecular weight excluding hydrogens is 322 g/mol. The number of rotatable bonds is 4. The lowest BCUT2D eigenvalue weighted by Gasteiger charge is -2.07. The van der Waals surface area contributed by atoms with Gasteiger partial charge in [0.2, 0.25) is 18.5 Å². The predicted octanol–water partition coefficient (Wildman–Crippen LogP) is 2.70. The van der Waals surface area contributed by atoms with Gasteiger partial charge in [-0.2, -0.15) is 4.98 Å². The first-order chi connectivity index (χ1) is 12.2. The van der Waals surface area contributed by atoms with Crippen molar-refractivity contribution in [3.05, 3.63) is 59.5 Å². The van der Waals surface area contributed by atoms with Crippen molar-refractivity contribution in [3.63, 3.8) is 0 Å². The molecule has 0 radical (unpaired) electrons. The summed E-state index contributed by atoms with van der Waals surface area (Å²) in [6, 6.07) is 12.6. The van der Waals surface area contributed by atoms with E-state index < -0.39 is 0 Å². The molecule has 1 aliphatic rings. The summed E-state index contributed by atoms with van der Waals surface area (Å²) in [5, 5.41) is 6.74. The van der Waals surface area contributed by atoms with Gasteiger partial charge in [-0.15, -0.1) is 0 Å². The number of aryl methyl sites for hydroxylation is 1. The zero-order valence-electron chi connectivity index (χ0n) is 13.5. The molecule has 1 amide bonds. The number of nitrogens with zero attached hydrogens (tertiary/aromatic N) is 2. The quantitative estimate of drug-likeness (QED) is 0.788. The lowest BCUT2D eigenvalue weighted by Crippen LogP contribution is -2.22. The van der Waals surface area contributed by atoms with Crippen LogP contribution in [0.1, 0.15) is 21.8 Å². The number of hydrogen-bond acceptors (Lipinski definition) is 6. The highest BCUT2D eigenvalue weighted by molar-refractivity contribution is 5.94. The van der Waals surface area contributed by atoms with Gasteiger partial charge in [-0.25, -0.2) is 0 Å². The van der Waals surface area contributed by atoms with E-state index in [0.29, 0.717) is 29.6 Å². The summed E-state index contributed by atoms with van der Waals surface area (Å²) in [7, 11) is 0. The van der Waals surface area contributed by atoms with Crippen LogP contribution in [-0.2, 0) is 6.54 Å². The minimum Gasteiger partial charge on any atom is -0.454 e. The van der Waals surface area contributed by atoms with Gasteiger partial charge in [0, 0.05) is 24.6 Å². The second kappa shape index (κ2) is 6.27. The number of benzene rings is 2. The minimum absolute atomic E-state index is 0.159. The number of aromatic nitrogens is 2. The number of carbonyl (C=O) groups is 1. The fraction of sp³-hybridized carbons (Fsp3) is 0.167. The highest BCUT2D eigenvalue weighted by atomic mass is 16.7. The smallest absolute Gasteiger partial charge is 0.251 e. The third kappa shape index (κ3) is 3.16. The van der Waals surface area contributed by atoms with Gasteiger partial charge in [-0.05, 0) is 29.8 Å². The van der Waals surface area contributed by atoms with Crippen LogP contribution >= 0.6 is 0 Å². The first-order valence-electron chi connectivity index (χ1n) is 7.76. The maximum absolute atomic E-state index is 12.3. The Morgan fingerprint density at radius 1 is 1.12 bits per heavy atom. The molecule has 7 heteroatoms. The number of ether oxygens (including phenoxy) is 2. The first-order valence-corrected chi connectivity index (χ1v) is 7.76. The highest BCUT2D eigenvalue weighted by Gasteiger charge is 2.14. The van der Waals surface area contributed by atoms with Crippen LogP contribution in [0.15, 0.2) is 47.0 Å². The zero-order chi connectivity index (χ0) is 17.2. The second-order valence-electron chi connectivity index (χ2n) is 5.58. The average molecular weight is 337 g/mol. The molecule has 1 aromatic heterocycles. The van der Waals surface area contributed by atoms with Crippen LogP contribution < -0.4 is 14.8 Å². The highest BCUT2D eigenvalue weighted by Crippen LogP contribution is 2.32. The van der Waals surface area contributed by atoms with Crippen molar-refractivity contribution in [2.75, 3.05) is 6.79 Å². The normalized spacial score (nSPS) is 12.2. The Labute approximate surface area is 143 Å². The lowest BCUT2D eigenvalue weighted by atomic mass is 10.1. The number of carbonyl (C=O) groups excluding carboxylic acids is 1. The van der Waals surface area contributed by atoms with E-state index in [2.05, 4.69) is 15.5 Å². The molecule has 0 atom stereocenters. The number of hydrogen-bond donors (Lipinski definition) is 1. The van der Waals surface area contributed by atoms with Gasteiger partial charge in [-0.3, -0.25) is 4.79 Å². The van der Waals surface area contributed by atoms with Crippen molar-refractivity contribution in [1.29, 1.82) is 0 Å². The van der Waals surface area contributed by atoms with Gasteiger partial charge in [-0.1, -0.05) is 23.4 Å². The van der Waals surface area contributed by atoms with Crippen LogP contribution in [0.3, 0.4) is 0 Å². The van der Waals surface area contributed by atoms with E-state index >= 15 is 0 Å². The summed E-state index contributed by atoms with van der Waals surface area (Å²) in [6.07, 6.45) is 0. The monoisotopic (exact) mass is 337 g/mol. The van der Waals surface area contributed by atoms with Crippen molar-refractivity contribution in [1.82, 2.24) is 15.5 Å². The molecule has 3 aromatic rings. The minimum atomic E-state index is -0.159. The van der Waals surface area contributed by atoms with E-state index in [1.54, 1.807) is 31.2 Å². The molecule has 0 fully saturated rings. The van der Waals surface area contributed by atoms with Crippen LogP contribution in [0.2, 0.25) is 0 Å². The molecule has 0 unspecified atom stereocenters. The van der Waals surface area contributed by atoms with Gasteiger partial charge in [0.25, 0.3) is 5.91 Å². The zero-order valence-corrected chi connectivity index (χ0v) is 13.5.